The molecule has 41 heavy (non-hydrogen) atoms. The third kappa shape index (κ3) is 8.24. The topological polar surface area (TPSA) is 86.8 Å². The molecule has 1 N–H and O–H groups in total. The molecule has 0 fully saturated rings. The van der Waals surface area contributed by atoms with Crippen LogP contribution in [0.15, 0.2) is 71.6 Å². The Kier molecular flexibility index (Phi) is 11.2. The Balaban J connectivity index is 2.08. The summed E-state index contributed by atoms with van der Waals surface area (Å²) in [6.45, 7) is 9.37. The van der Waals surface area contributed by atoms with Gasteiger partial charge in [0.15, 0.2) is 0 Å². The van der Waals surface area contributed by atoms with E-state index in [1.54, 1.807) is 48.5 Å². The highest BCUT2D eigenvalue weighted by Gasteiger charge is 2.34. The molecule has 1 atom stereocenters. The van der Waals surface area contributed by atoms with Crippen LogP contribution in [-0.2, 0) is 26.2 Å². The van der Waals surface area contributed by atoms with Gasteiger partial charge in [-0.1, -0.05) is 85.9 Å². The van der Waals surface area contributed by atoms with Gasteiger partial charge in [-0.2, -0.15) is 0 Å². The number of aryl methyl sites for hydroxylation is 2. The number of nitrogens with zero attached hydrogens (tertiary/aromatic N) is 2. The summed E-state index contributed by atoms with van der Waals surface area (Å²) in [4.78, 5) is 28.9. The Morgan fingerprint density at radius 2 is 1.59 bits per heavy atom. The lowest BCUT2D eigenvalue weighted by Crippen LogP contribution is -2.52. The molecule has 0 bridgehead atoms. The fourth-order valence-corrected chi connectivity index (χ4v) is 6.03. The molecule has 2 amide bonds. The summed E-state index contributed by atoms with van der Waals surface area (Å²) >= 11 is 12.8. The monoisotopic (exact) mass is 617 g/mol. The van der Waals surface area contributed by atoms with E-state index in [9.17, 15) is 18.0 Å². The van der Waals surface area contributed by atoms with Gasteiger partial charge < -0.3 is 10.2 Å². The summed E-state index contributed by atoms with van der Waals surface area (Å²) < 4.78 is 29.0. The summed E-state index contributed by atoms with van der Waals surface area (Å²) in [5.74, 6) is -0.651. The Hall–Kier alpha value is -3.07. The minimum absolute atomic E-state index is 0.0270. The fraction of sp³-hybridized carbons (Fsp3) is 0.355. The molecule has 0 saturated carbocycles. The largest absolute Gasteiger partial charge is 0.354 e. The first-order valence-corrected chi connectivity index (χ1v) is 15.7. The van der Waals surface area contributed by atoms with Gasteiger partial charge in [0.2, 0.25) is 11.8 Å². The summed E-state index contributed by atoms with van der Waals surface area (Å²) in [5, 5.41) is 3.72. The van der Waals surface area contributed by atoms with Gasteiger partial charge in [0, 0.05) is 23.1 Å². The molecule has 0 saturated heterocycles. The number of sulfonamides is 1. The third-order valence-corrected chi connectivity index (χ3v) is 9.26. The first-order valence-electron chi connectivity index (χ1n) is 13.5. The average molecular weight is 619 g/mol. The number of amides is 2. The lowest BCUT2D eigenvalue weighted by atomic mass is 10.1. The Morgan fingerprint density at radius 3 is 2.17 bits per heavy atom. The van der Waals surface area contributed by atoms with Crippen LogP contribution in [0.4, 0.5) is 5.69 Å². The molecule has 0 aliphatic rings. The maximum Gasteiger partial charge on any atom is 0.264 e. The van der Waals surface area contributed by atoms with Crippen molar-refractivity contribution in [1.82, 2.24) is 10.2 Å². The first kappa shape index (κ1) is 32.4. The molecule has 0 aliphatic heterocycles. The second-order valence-electron chi connectivity index (χ2n) is 10.4. The molecule has 220 valence electrons. The number of benzene rings is 3. The molecule has 3 aromatic carbocycles. The van der Waals surface area contributed by atoms with Crippen molar-refractivity contribution in [2.45, 2.75) is 58.5 Å². The van der Waals surface area contributed by atoms with Gasteiger partial charge in [-0.3, -0.25) is 13.9 Å². The number of halogens is 2. The van der Waals surface area contributed by atoms with Crippen LogP contribution < -0.4 is 9.62 Å². The summed E-state index contributed by atoms with van der Waals surface area (Å²) in [6.07, 6.45) is 0.321. The molecule has 3 aromatic rings. The van der Waals surface area contributed by atoms with Gasteiger partial charge in [0.25, 0.3) is 10.0 Å². The van der Waals surface area contributed by atoms with E-state index >= 15 is 0 Å². The molecule has 0 unspecified atom stereocenters. The minimum atomic E-state index is -4.18. The van der Waals surface area contributed by atoms with Crippen molar-refractivity contribution >= 4 is 50.7 Å². The van der Waals surface area contributed by atoms with Crippen LogP contribution in [0.25, 0.3) is 0 Å². The normalized spacial score (nSPS) is 12.2. The van der Waals surface area contributed by atoms with E-state index < -0.39 is 28.5 Å². The van der Waals surface area contributed by atoms with Crippen LogP contribution in [0, 0.1) is 19.8 Å². The van der Waals surface area contributed by atoms with Gasteiger partial charge in [-0.15, -0.1) is 0 Å². The second kappa shape index (κ2) is 14.2. The minimum Gasteiger partial charge on any atom is -0.354 e. The maximum atomic E-state index is 14.1. The average Bonchev–Trinajstić information content (AvgIpc) is 2.93. The van der Waals surface area contributed by atoms with Crippen LogP contribution in [0.3, 0.4) is 0 Å². The lowest BCUT2D eigenvalue weighted by molar-refractivity contribution is -0.140. The van der Waals surface area contributed by atoms with Crippen molar-refractivity contribution in [3.05, 3.63) is 93.5 Å². The molecule has 0 aliphatic carbocycles. The van der Waals surface area contributed by atoms with Crippen LogP contribution in [0.1, 0.15) is 43.9 Å². The number of hydrogen-bond donors (Lipinski definition) is 1. The quantitative estimate of drug-likeness (QED) is 0.255. The number of hydrogen-bond acceptors (Lipinski definition) is 4. The fourth-order valence-electron chi connectivity index (χ4n) is 4.26. The number of nitrogens with one attached hydrogen (secondary N) is 1. The van der Waals surface area contributed by atoms with E-state index in [0.29, 0.717) is 28.6 Å². The Bertz CT molecular complexity index is 1480. The molecule has 0 radical (unpaired) electrons. The molecular formula is C31H37Cl2N3O4S. The molecule has 3 rings (SSSR count). The number of carbonyl (C=O) groups is 2. The SMILES string of the molecule is CC[C@H](C(=O)NCC(C)C)N(Cc1ccccc1Cl)C(=O)CN(c1ccc(C)c(Cl)c1)S(=O)(=O)c1ccc(C)cc1. The Morgan fingerprint density at radius 1 is 0.927 bits per heavy atom. The van der Waals surface area contributed by atoms with E-state index in [2.05, 4.69) is 5.32 Å². The predicted molar refractivity (Wildman–Crippen MR) is 166 cm³/mol. The smallest absolute Gasteiger partial charge is 0.264 e. The lowest BCUT2D eigenvalue weighted by Gasteiger charge is -2.33. The highest BCUT2D eigenvalue weighted by Crippen LogP contribution is 2.29. The zero-order chi connectivity index (χ0) is 30.3. The zero-order valence-corrected chi connectivity index (χ0v) is 26.4. The van der Waals surface area contributed by atoms with Crippen molar-refractivity contribution in [1.29, 1.82) is 0 Å². The van der Waals surface area contributed by atoms with Crippen molar-refractivity contribution in [3.63, 3.8) is 0 Å². The van der Waals surface area contributed by atoms with Gasteiger partial charge in [0.1, 0.15) is 12.6 Å². The van der Waals surface area contributed by atoms with E-state index in [1.165, 1.54) is 23.1 Å². The number of rotatable bonds is 12. The summed E-state index contributed by atoms with van der Waals surface area (Å²) in [5.41, 5.74) is 2.55. The maximum absolute atomic E-state index is 14.1. The molecular weight excluding hydrogens is 581 g/mol. The zero-order valence-electron chi connectivity index (χ0n) is 24.0. The number of anilines is 1. The second-order valence-corrected chi connectivity index (χ2v) is 13.1. The standard InChI is InChI=1S/C31H37Cl2N3O4S/c1-6-29(31(38)34-18-21(2)3)35(19-24-9-7-8-10-27(24)32)30(37)20-36(25-14-13-23(5)28(33)17-25)41(39,40)26-15-11-22(4)12-16-26/h7-17,21,29H,6,18-20H2,1-5H3,(H,34,38)/t29-/m1/s1. The van der Waals surface area contributed by atoms with Gasteiger partial charge in [0.05, 0.1) is 10.6 Å². The van der Waals surface area contributed by atoms with Gasteiger partial charge in [-0.05, 0) is 67.6 Å². The van der Waals surface area contributed by atoms with Crippen molar-refractivity contribution in [2.75, 3.05) is 17.4 Å². The van der Waals surface area contributed by atoms with Crippen LogP contribution in [-0.4, -0.2) is 44.3 Å². The summed E-state index contributed by atoms with van der Waals surface area (Å²) in [7, 11) is -4.18. The van der Waals surface area contributed by atoms with Crippen LogP contribution in [0.2, 0.25) is 10.0 Å². The summed E-state index contributed by atoms with van der Waals surface area (Å²) in [6, 6.07) is 17.5. The van der Waals surface area contributed by atoms with Gasteiger partial charge in [-0.25, -0.2) is 8.42 Å². The number of carbonyl (C=O) groups excluding carboxylic acids is 2. The van der Waals surface area contributed by atoms with E-state index in [4.69, 9.17) is 23.2 Å². The highest BCUT2D eigenvalue weighted by atomic mass is 35.5. The first-order chi connectivity index (χ1) is 19.3. The van der Waals surface area contributed by atoms with Crippen LogP contribution >= 0.6 is 23.2 Å². The molecule has 0 spiro atoms. The molecule has 0 aromatic heterocycles. The van der Waals surface area contributed by atoms with Crippen molar-refractivity contribution < 1.29 is 18.0 Å². The predicted octanol–water partition coefficient (Wildman–Crippen LogP) is 6.39. The molecule has 7 nitrogen and oxygen atoms in total. The highest BCUT2D eigenvalue weighted by molar-refractivity contribution is 7.92. The van der Waals surface area contributed by atoms with Gasteiger partial charge >= 0.3 is 0 Å². The third-order valence-electron chi connectivity index (χ3n) is 6.70. The van der Waals surface area contributed by atoms with Crippen molar-refractivity contribution in [3.8, 4) is 0 Å². The molecule has 0 heterocycles. The van der Waals surface area contributed by atoms with E-state index in [-0.39, 0.29) is 29.0 Å². The van der Waals surface area contributed by atoms with E-state index in [0.717, 1.165) is 15.4 Å². The van der Waals surface area contributed by atoms with Crippen LogP contribution in [0.5, 0.6) is 0 Å². The van der Waals surface area contributed by atoms with E-state index in [1.807, 2.05) is 34.6 Å². The Labute approximate surface area is 253 Å². The van der Waals surface area contributed by atoms with Crippen molar-refractivity contribution in [2.24, 2.45) is 5.92 Å². The molecule has 10 heteroatoms.